The summed E-state index contributed by atoms with van der Waals surface area (Å²) in [4.78, 5) is 0. The molecule has 0 aliphatic heterocycles. The second-order valence-electron chi connectivity index (χ2n) is 4.24. The third kappa shape index (κ3) is 5.05. The molecule has 0 spiro atoms. The summed E-state index contributed by atoms with van der Waals surface area (Å²) in [5.74, 6) is 0.689. The molecule has 1 aromatic carbocycles. The Balaban J connectivity index is 0.00000225. The van der Waals surface area contributed by atoms with E-state index in [1.807, 2.05) is 18.2 Å². The van der Waals surface area contributed by atoms with Gasteiger partial charge < -0.3 is 5.73 Å². The van der Waals surface area contributed by atoms with Crippen LogP contribution in [-0.4, -0.2) is 0 Å². The van der Waals surface area contributed by atoms with Crippen molar-refractivity contribution in [2.24, 2.45) is 11.7 Å². The minimum absolute atomic E-state index is 0. The maximum absolute atomic E-state index is 6.12. The van der Waals surface area contributed by atoms with Crippen molar-refractivity contribution >= 4 is 39.9 Å². The molecule has 0 heterocycles. The average Bonchev–Trinajstić information content (AvgIpc) is 2.18. The summed E-state index contributed by atoms with van der Waals surface area (Å²) < 4.78 is 1.04. The van der Waals surface area contributed by atoms with Gasteiger partial charge in [-0.3, -0.25) is 0 Å². The first-order valence-electron chi connectivity index (χ1n) is 5.21. The highest BCUT2D eigenvalue weighted by molar-refractivity contribution is 9.10. The molecule has 0 aliphatic carbocycles. The van der Waals surface area contributed by atoms with Crippen molar-refractivity contribution in [1.82, 2.24) is 0 Å². The average molecular weight is 327 g/mol. The highest BCUT2D eigenvalue weighted by atomic mass is 79.9. The zero-order valence-corrected chi connectivity index (χ0v) is 12.7. The Bertz CT molecular complexity index is 329. The van der Waals surface area contributed by atoms with E-state index in [0.29, 0.717) is 5.92 Å². The van der Waals surface area contributed by atoms with Crippen LogP contribution in [0.3, 0.4) is 0 Å². The lowest BCUT2D eigenvalue weighted by molar-refractivity contribution is 0.506. The summed E-state index contributed by atoms with van der Waals surface area (Å²) in [6, 6.07) is 5.83. The Kier molecular flexibility index (Phi) is 7.66. The maximum Gasteiger partial charge on any atom is 0.0410 e. The lowest BCUT2D eigenvalue weighted by Crippen LogP contribution is -2.11. The molecule has 16 heavy (non-hydrogen) atoms. The van der Waals surface area contributed by atoms with Gasteiger partial charge in [0, 0.05) is 15.5 Å². The Labute approximate surface area is 117 Å². The first kappa shape index (κ1) is 16.2. The van der Waals surface area contributed by atoms with Crippen LogP contribution in [-0.2, 0) is 0 Å². The van der Waals surface area contributed by atoms with E-state index in [0.717, 1.165) is 27.9 Å². The standard InChI is InChI=1S/C12H17BrClN.ClH/c1-8(2)3-6-12(15)10-7-9(14)4-5-11(10)13;/h4-5,7-8,12H,3,6,15H2,1-2H3;1H/t12-;/m0./s1. The molecular formula is C12H18BrCl2N. The molecule has 1 nitrogen and oxygen atoms in total. The molecule has 0 fully saturated rings. The molecule has 0 saturated carbocycles. The Hall–Kier alpha value is 0.240. The molecule has 0 aromatic heterocycles. The van der Waals surface area contributed by atoms with Gasteiger partial charge in [0.2, 0.25) is 0 Å². The number of hydrogen-bond acceptors (Lipinski definition) is 1. The van der Waals surface area contributed by atoms with E-state index in [1.54, 1.807) is 0 Å². The van der Waals surface area contributed by atoms with Gasteiger partial charge in [-0.25, -0.2) is 0 Å². The van der Waals surface area contributed by atoms with Crippen LogP contribution in [0.4, 0.5) is 0 Å². The SMILES string of the molecule is CC(C)CC[C@H](N)c1cc(Cl)ccc1Br.Cl. The second-order valence-corrected chi connectivity index (χ2v) is 5.53. The molecule has 1 atom stereocenters. The zero-order chi connectivity index (χ0) is 11.4. The van der Waals surface area contributed by atoms with Crippen molar-refractivity contribution in [3.8, 4) is 0 Å². The topological polar surface area (TPSA) is 26.0 Å². The maximum atomic E-state index is 6.12. The summed E-state index contributed by atoms with van der Waals surface area (Å²) >= 11 is 9.45. The van der Waals surface area contributed by atoms with Crippen LogP contribution in [0.25, 0.3) is 0 Å². The number of benzene rings is 1. The highest BCUT2D eigenvalue weighted by Gasteiger charge is 2.10. The fourth-order valence-corrected chi connectivity index (χ4v) is 2.19. The van der Waals surface area contributed by atoms with E-state index in [1.165, 1.54) is 0 Å². The summed E-state index contributed by atoms with van der Waals surface area (Å²) in [5.41, 5.74) is 7.22. The van der Waals surface area contributed by atoms with E-state index in [2.05, 4.69) is 29.8 Å². The first-order chi connectivity index (χ1) is 7.00. The van der Waals surface area contributed by atoms with Crippen molar-refractivity contribution in [3.63, 3.8) is 0 Å². The van der Waals surface area contributed by atoms with Crippen molar-refractivity contribution in [2.45, 2.75) is 32.7 Å². The second kappa shape index (κ2) is 7.54. The summed E-state index contributed by atoms with van der Waals surface area (Å²) in [6.45, 7) is 4.42. The van der Waals surface area contributed by atoms with Gasteiger partial charge in [0.1, 0.15) is 0 Å². The molecule has 0 bridgehead atoms. The highest BCUT2D eigenvalue weighted by Crippen LogP contribution is 2.28. The molecule has 0 saturated heterocycles. The Morgan fingerprint density at radius 2 is 1.94 bits per heavy atom. The van der Waals surface area contributed by atoms with Gasteiger partial charge >= 0.3 is 0 Å². The molecule has 0 radical (unpaired) electrons. The molecular weight excluding hydrogens is 309 g/mol. The van der Waals surface area contributed by atoms with Crippen LogP contribution >= 0.6 is 39.9 Å². The quantitative estimate of drug-likeness (QED) is 0.831. The molecule has 1 aromatic rings. The van der Waals surface area contributed by atoms with Crippen LogP contribution in [0, 0.1) is 5.92 Å². The minimum Gasteiger partial charge on any atom is -0.324 e. The van der Waals surface area contributed by atoms with E-state index in [-0.39, 0.29) is 18.4 Å². The van der Waals surface area contributed by atoms with Crippen molar-refractivity contribution in [2.75, 3.05) is 0 Å². The molecule has 0 unspecified atom stereocenters. The van der Waals surface area contributed by atoms with Gasteiger partial charge in [-0.2, -0.15) is 0 Å². The Morgan fingerprint density at radius 3 is 2.50 bits per heavy atom. The monoisotopic (exact) mass is 325 g/mol. The van der Waals surface area contributed by atoms with Gasteiger partial charge in [-0.05, 0) is 42.5 Å². The summed E-state index contributed by atoms with van der Waals surface area (Å²) in [7, 11) is 0. The van der Waals surface area contributed by atoms with Crippen LogP contribution < -0.4 is 5.73 Å². The van der Waals surface area contributed by atoms with Crippen LogP contribution in [0.1, 0.15) is 38.3 Å². The number of hydrogen-bond donors (Lipinski definition) is 1. The van der Waals surface area contributed by atoms with E-state index in [4.69, 9.17) is 17.3 Å². The molecule has 4 heteroatoms. The lowest BCUT2D eigenvalue weighted by atomic mass is 9.98. The zero-order valence-electron chi connectivity index (χ0n) is 9.54. The predicted octanol–water partition coefficient (Wildman–Crippen LogP) is 4.96. The number of rotatable bonds is 4. The van der Waals surface area contributed by atoms with Crippen LogP contribution in [0.2, 0.25) is 5.02 Å². The third-order valence-electron chi connectivity index (χ3n) is 2.41. The fourth-order valence-electron chi connectivity index (χ4n) is 1.47. The van der Waals surface area contributed by atoms with Crippen LogP contribution in [0.5, 0.6) is 0 Å². The van der Waals surface area contributed by atoms with Gasteiger partial charge in [0.15, 0.2) is 0 Å². The number of halogens is 3. The van der Waals surface area contributed by atoms with Crippen LogP contribution in [0.15, 0.2) is 22.7 Å². The van der Waals surface area contributed by atoms with Gasteiger partial charge in [0.25, 0.3) is 0 Å². The Morgan fingerprint density at radius 1 is 1.31 bits per heavy atom. The van der Waals surface area contributed by atoms with Gasteiger partial charge in [0.05, 0.1) is 0 Å². The molecule has 1 rings (SSSR count). The van der Waals surface area contributed by atoms with Crippen molar-refractivity contribution in [1.29, 1.82) is 0 Å². The van der Waals surface area contributed by atoms with E-state index >= 15 is 0 Å². The van der Waals surface area contributed by atoms with Gasteiger partial charge in [-0.1, -0.05) is 41.4 Å². The van der Waals surface area contributed by atoms with Gasteiger partial charge in [-0.15, -0.1) is 12.4 Å². The minimum atomic E-state index is 0. The lowest BCUT2D eigenvalue weighted by Gasteiger charge is -2.15. The van der Waals surface area contributed by atoms with Crippen molar-refractivity contribution in [3.05, 3.63) is 33.3 Å². The molecule has 0 amide bonds. The normalized spacial score (nSPS) is 12.4. The molecule has 92 valence electrons. The molecule has 2 N–H and O–H groups in total. The van der Waals surface area contributed by atoms with E-state index in [9.17, 15) is 0 Å². The molecule has 0 aliphatic rings. The third-order valence-corrected chi connectivity index (χ3v) is 3.37. The summed E-state index contributed by atoms with van der Waals surface area (Å²) in [5, 5.41) is 0.744. The predicted molar refractivity (Wildman–Crippen MR) is 77.4 cm³/mol. The van der Waals surface area contributed by atoms with Crippen molar-refractivity contribution < 1.29 is 0 Å². The smallest absolute Gasteiger partial charge is 0.0410 e. The first-order valence-corrected chi connectivity index (χ1v) is 6.38. The largest absolute Gasteiger partial charge is 0.324 e. The fraction of sp³-hybridized carbons (Fsp3) is 0.500. The van der Waals surface area contributed by atoms with E-state index < -0.39 is 0 Å². The summed E-state index contributed by atoms with van der Waals surface area (Å²) in [6.07, 6.45) is 2.14. The number of nitrogens with two attached hydrogens (primary N) is 1.